The molecular formula is C11H18N4O3S. The Morgan fingerprint density at radius 3 is 2.95 bits per heavy atom. The molecule has 0 bridgehead atoms. The minimum Gasteiger partial charge on any atom is -0.481 e. The Bertz CT molecular complexity index is 541. The van der Waals surface area contributed by atoms with Crippen LogP contribution in [0.15, 0.2) is 6.07 Å². The molecule has 1 fully saturated rings. The van der Waals surface area contributed by atoms with Gasteiger partial charge in [0.05, 0.1) is 12.9 Å². The lowest BCUT2D eigenvalue weighted by Crippen LogP contribution is -2.33. The maximum absolute atomic E-state index is 12.0. The Hall–Kier alpha value is -1.41. The minimum absolute atomic E-state index is 0.00389. The van der Waals surface area contributed by atoms with Crippen molar-refractivity contribution >= 4 is 16.0 Å². The van der Waals surface area contributed by atoms with Gasteiger partial charge in [0.2, 0.25) is 21.9 Å². The summed E-state index contributed by atoms with van der Waals surface area (Å²) in [5, 5.41) is 3.15. The third-order valence-electron chi connectivity index (χ3n) is 2.87. The van der Waals surface area contributed by atoms with Gasteiger partial charge in [-0.1, -0.05) is 0 Å². The molecule has 0 amide bonds. The largest absolute Gasteiger partial charge is 0.481 e. The standard InChI is InChI=1S/C11H18N4O3S/c1-8-6-10(18-2)14-11(13-8)15-19(16,17)7-9-4-3-5-12-9/h6,9,12H,3-5,7H2,1-2H3,(H,13,14,15). The van der Waals surface area contributed by atoms with E-state index in [4.69, 9.17) is 4.74 Å². The van der Waals surface area contributed by atoms with Crippen LogP contribution in [0.2, 0.25) is 0 Å². The summed E-state index contributed by atoms with van der Waals surface area (Å²) >= 11 is 0. The third kappa shape index (κ3) is 4.03. The van der Waals surface area contributed by atoms with Gasteiger partial charge in [-0.2, -0.15) is 4.98 Å². The number of nitrogens with zero attached hydrogens (tertiary/aromatic N) is 2. The van der Waals surface area contributed by atoms with Gasteiger partial charge in [-0.3, -0.25) is 4.72 Å². The van der Waals surface area contributed by atoms with Crippen molar-refractivity contribution in [3.8, 4) is 5.88 Å². The van der Waals surface area contributed by atoms with Crippen molar-refractivity contribution in [2.75, 3.05) is 24.1 Å². The van der Waals surface area contributed by atoms with Crippen LogP contribution >= 0.6 is 0 Å². The molecule has 1 aliphatic heterocycles. The molecule has 2 N–H and O–H groups in total. The second-order valence-electron chi connectivity index (χ2n) is 4.55. The summed E-state index contributed by atoms with van der Waals surface area (Å²) in [6.45, 7) is 2.62. The van der Waals surface area contributed by atoms with Crippen molar-refractivity contribution in [2.45, 2.75) is 25.8 Å². The van der Waals surface area contributed by atoms with Crippen LogP contribution in [0.25, 0.3) is 0 Å². The molecule has 1 saturated heterocycles. The lowest BCUT2D eigenvalue weighted by Gasteiger charge is -2.12. The highest BCUT2D eigenvalue weighted by atomic mass is 32.2. The molecule has 7 nitrogen and oxygen atoms in total. The van der Waals surface area contributed by atoms with Crippen LogP contribution in [-0.2, 0) is 10.0 Å². The van der Waals surface area contributed by atoms with Crippen molar-refractivity contribution in [3.63, 3.8) is 0 Å². The molecule has 1 aromatic heterocycles. The summed E-state index contributed by atoms with van der Waals surface area (Å²) < 4.78 is 31.4. The van der Waals surface area contributed by atoms with E-state index in [1.165, 1.54) is 7.11 Å². The highest BCUT2D eigenvalue weighted by molar-refractivity contribution is 7.92. The van der Waals surface area contributed by atoms with E-state index in [1.54, 1.807) is 13.0 Å². The molecule has 0 radical (unpaired) electrons. The first-order chi connectivity index (χ1) is 8.98. The average Bonchev–Trinajstić information content (AvgIpc) is 2.79. The quantitative estimate of drug-likeness (QED) is 0.808. The molecule has 0 saturated carbocycles. The number of hydrogen-bond acceptors (Lipinski definition) is 6. The second-order valence-corrected chi connectivity index (χ2v) is 6.32. The van der Waals surface area contributed by atoms with E-state index in [-0.39, 0.29) is 17.7 Å². The van der Waals surface area contributed by atoms with Crippen molar-refractivity contribution in [1.82, 2.24) is 15.3 Å². The van der Waals surface area contributed by atoms with Gasteiger partial charge in [-0.05, 0) is 26.3 Å². The van der Waals surface area contributed by atoms with Gasteiger partial charge in [-0.15, -0.1) is 0 Å². The van der Waals surface area contributed by atoms with Gasteiger partial charge in [0, 0.05) is 17.8 Å². The Kier molecular flexibility index (Phi) is 4.20. The Morgan fingerprint density at radius 1 is 1.53 bits per heavy atom. The van der Waals surface area contributed by atoms with Gasteiger partial charge in [0.1, 0.15) is 0 Å². The number of methoxy groups -OCH3 is 1. The van der Waals surface area contributed by atoms with Crippen LogP contribution in [0.4, 0.5) is 5.95 Å². The Morgan fingerprint density at radius 2 is 2.32 bits per heavy atom. The number of ether oxygens (including phenoxy) is 1. The maximum Gasteiger partial charge on any atom is 0.240 e. The SMILES string of the molecule is COc1cc(C)nc(NS(=O)(=O)CC2CCCN2)n1. The number of rotatable bonds is 5. The van der Waals surface area contributed by atoms with Crippen molar-refractivity contribution < 1.29 is 13.2 Å². The maximum atomic E-state index is 12.0. The summed E-state index contributed by atoms with van der Waals surface area (Å²) in [6.07, 6.45) is 1.88. The van der Waals surface area contributed by atoms with Gasteiger partial charge in [0.25, 0.3) is 0 Å². The van der Waals surface area contributed by atoms with Crippen LogP contribution in [-0.4, -0.2) is 43.8 Å². The third-order valence-corrected chi connectivity index (χ3v) is 4.20. The zero-order valence-corrected chi connectivity index (χ0v) is 11.8. The van der Waals surface area contributed by atoms with E-state index in [0.29, 0.717) is 11.6 Å². The summed E-state index contributed by atoms with van der Waals surface area (Å²) in [7, 11) is -1.98. The highest BCUT2D eigenvalue weighted by Crippen LogP contribution is 2.14. The van der Waals surface area contributed by atoms with E-state index >= 15 is 0 Å². The normalized spacial score (nSPS) is 19.4. The molecule has 106 valence electrons. The Balaban J connectivity index is 2.08. The fourth-order valence-electron chi connectivity index (χ4n) is 2.03. The molecule has 0 aromatic carbocycles. The molecule has 1 unspecified atom stereocenters. The van der Waals surface area contributed by atoms with Crippen LogP contribution < -0.4 is 14.8 Å². The van der Waals surface area contributed by atoms with E-state index in [0.717, 1.165) is 19.4 Å². The molecule has 0 spiro atoms. The topological polar surface area (TPSA) is 93.2 Å². The summed E-state index contributed by atoms with van der Waals surface area (Å²) in [6, 6.07) is 1.64. The predicted octanol–water partition coefficient (Wildman–Crippen LogP) is 0.287. The van der Waals surface area contributed by atoms with Crippen LogP contribution in [0.1, 0.15) is 18.5 Å². The molecule has 2 rings (SSSR count). The first-order valence-corrected chi connectivity index (χ1v) is 7.77. The average molecular weight is 286 g/mol. The first kappa shape index (κ1) is 14.0. The lowest BCUT2D eigenvalue weighted by molar-refractivity contribution is 0.397. The fraction of sp³-hybridized carbons (Fsp3) is 0.636. The van der Waals surface area contributed by atoms with Gasteiger partial charge in [-0.25, -0.2) is 13.4 Å². The monoisotopic (exact) mass is 286 g/mol. The number of aryl methyl sites for hydroxylation is 1. The number of aromatic nitrogens is 2. The molecular weight excluding hydrogens is 268 g/mol. The highest BCUT2D eigenvalue weighted by Gasteiger charge is 2.22. The van der Waals surface area contributed by atoms with Crippen molar-refractivity contribution in [2.24, 2.45) is 0 Å². The van der Waals surface area contributed by atoms with Crippen LogP contribution in [0.3, 0.4) is 0 Å². The molecule has 1 aromatic rings. The van der Waals surface area contributed by atoms with Crippen molar-refractivity contribution in [1.29, 1.82) is 0 Å². The summed E-state index contributed by atoms with van der Waals surface area (Å²) in [4.78, 5) is 8.01. The van der Waals surface area contributed by atoms with E-state index in [1.807, 2.05) is 0 Å². The van der Waals surface area contributed by atoms with Crippen molar-refractivity contribution in [3.05, 3.63) is 11.8 Å². The van der Waals surface area contributed by atoms with E-state index in [2.05, 4.69) is 20.0 Å². The zero-order chi connectivity index (χ0) is 13.9. The lowest BCUT2D eigenvalue weighted by atomic mass is 10.3. The number of nitrogens with one attached hydrogen (secondary N) is 2. The van der Waals surface area contributed by atoms with Crippen LogP contribution in [0.5, 0.6) is 5.88 Å². The van der Waals surface area contributed by atoms with Gasteiger partial charge < -0.3 is 10.1 Å². The Labute approximate surface area is 112 Å². The molecule has 2 heterocycles. The smallest absolute Gasteiger partial charge is 0.240 e. The summed E-state index contributed by atoms with van der Waals surface area (Å²) in [5.74, 6) is 0.422. The first-order valence-electron chi connectivity index (χ1n) is 6.12. The molecule has 0 aliphatic carbocycles. The molecule has 1 atom stereocenters. The minimum atomic E-state index is -3.45. The number of sulfonamides is 1. The predicted molar refractivity (Wildman–Crippen MR) is 71.8 cm³/mol. The zero-order valence-electron chi connectivity index (χ0n) is 11.0. The summed E-state index contributed by atoms with van der Waals surface area (Å²) in [5.41, 5.74) is 0.642. The van der Waals surface area contributed by atoms with E-state index < -0.39 is 10.0 Å². The van der Waals surface area contributed by atoms with Crippen LogP contribution in [0, 0.1) is 6.92 Å². The van der Waals surface area contributed by atoms with Gasteiger partial charge >= 0.3 is 0 Å². The number of hydrogen-bond donors (Lipinski definition) is 2. The fourth-order valence-corrected chi connectivity index (χ4v) is 3.30. The number of anilines is 1. The second kappa shape index (κ2) is 5.70. The molecule has 8 heteroatoms. The van der Waals surface area contributed by atoms with Gasteiger partial charge in [0.15, 0.2) is 0 Å². The molecule has 19 heavy (non-hydrogen) atoms. The van der Waals surface area contributed by atoms with E-state index in [9.17, 15) is 8.42 Å². The molecule has 1 aliphatic rings.